The van der Waals surface area contributed by atoms with Crippen LogP contribution in [0, 0.1) is 11.3 Å². The first-order chi connectivity index (χ1) is 11.0. The Morgan fingerprint density at radius 3 is 2.48 bits per heavy atom. The van der Waals surface area contributed by atoms with Gasteiger partial charge in [-0.05, 0) is 24.3 Å². The highest BCUT2D eigenvalue weighted by atomic mass is 35.5. The SMILES string of the molecule is CC(=O)N(CC(=O)Nc1ccccc1C#N)c1ccccc1Cl. The summed E-state index contributed by atoms with van der Waals surface area (Å²) in [6.07, 6.45) is 0. The van der Waals surface area contributed by atoms with Gasteiger partial charge in [0.2, 0.25) is 11.8 Å². The first-order valence-corrected chi connectivity index (χ1v) is 7.22. The second-order valence-electron chi connectivity index (χ2n) is 4.76. The van der Waals surface area contributed by atoms with E-state index < -0.39 is 5.91 Å². The first-order valence-electron chi connectivity index (χ1n) is 6.84. The molecule has 1 N–H and O–H groups in total. The highest BCUT2D eigenvalue weighted by Gasteiger charge is 2.18. The molecule has 0 heterocycles. The van der Waals surface area contributed by atoms with Crippen LogP contribution >= 0.6 is 11.6 Å². The molecule has 0 saturated carbocycles. The van der Waals surface area contributed by atoms with Crippen LogP contribution in [0.15, 0.2) is 48.5 Å². The second kappa shape index (κ2) is 7.43. The van der Waals surface area contributed by atoms with E-state index in [9.17, 15) is 9.59 Å². The lowest BCUT2D eigenvalue weighted by Gasteiger charge is -2.21. The van der Waals surface area contributed by atoms with E-state index in [1.165, 1.54) is 11.8 Å². The molecule has 116 valence electrons. The molecular weight excluding hydrogens is 314 g/mol. The Morgan fingerprint density at radius 2 is 1.83 bits per heavy atom. The Morgan fingerprint density at radius 1 is 1.17 bits per heavy atom. The lowest BCUT2D eigenvalue weighted by atomic mass is 10.2. The van der Waals surface area contributed by atoms with Crippen molar-refractivity contribution in [2.24, 2.45) is 0 Å². The van der Waals surface area contributed by atoms with E-state index in [-0.39, 0.29) is 12.5 Å². The molecule has 2 aromatic rings. The van der Waals surface area contributed by atoms with Crippen LogP contribution in [0.3, 0.4) is 0 Å². The van der Waals surface area contributed by atoms with Gasteiger partial charge in [-0.1, -0.05) is 35.9 Å². The van der Waals surface area contributed by atoms with Crippen molar-refractivity contribution in [3.05, 3.63) is 59.1 Å². The van der Waals surface area contributed by atoms with Gasteiger partial charge in [-0.15, -0.1) is 0 Å². The van der Waals surface area contributed by atoms with Gasteiger partial charge in [-0.3, -0.25) is 9.59 Å². The minimum atomic E-state index is -0.414. The highest BCUT2D eigenvalue weighted by molar-refractivity contribution is 6.33. The fourth-order valence-electron chi connectivity index (χ4n) is 2.06. The number of carbonyl (C=O) groups is 2. The van der Waals surface area contributed by atoms with Gasteiger partial charge in [-0.25, -0.2) is 0 Å². The number of anilines is 2. The van der Waals surface area contributed by atoms with Crippen LogP contribution < -0.4 is 10.2 Å². The van der Waals surface area contributed by atoms with Crippen molar-refractivity contribution in [3.8, 4) is 6.07 Å². The zero-order valence-electron chi connectivity index (χ0n) is 12.4. The molecule has 0 spiro atoms. The third-order valence-electron chi connectivity index (χ3n) is 3.15. The van der Waals surface area contributed by atoms with Crippen LogP contribution in [-0.2, 0) is 9.59 Å². The van der Waals surface area contributed by atoms with Gasteiger partial charge < -0.3 is 10.2 Å². The average Bonchev–Trinajstić information content (AvgIpc) is 2.53. The predicted molar refractivity (Wildman–Crippen MR) is 89.3 cm³/mol. The summed E-state index contributed by atoms with van der Waals surface area (Å²) in [6, 6.07) is 15.5. The largest absolute Gasteiger partial charge is 0.323 e. The molecule has 0 atom stereocenters. The molecule has 5 nitrogen and oxygen atoms in total. The number of halogens is 1. The third-order valence-corrected chi connectivity index (χ3v) is 3.47. The van der Waals surface area contributed by atoms with Crippen LogP contribution in [0.2, 0.25) is 5.02 Å². The van der Waals surface area contributed by atoms with Crippen LogP contribution in [0.1, 0.15) is 12.5 Å². The number of hydrogen-bond donors (Lipinski definition) is 1. The maximum atomic E-state index is 12.2. The van der Waals surface area contributed by atoms with Gasteiger partial charge in [0.15, 0.2) is 0 Å². The van der Waals surface area contributed by atoms with Crippen molar-refractivity contribution in [3.63, 3.8) is 0 Å². The molecule has 2 amide bonds. The molecule has 0 aliphatic carbocycles. The number of benzene rings is 2. The summed E-state index contributed by atoms with van der Waals surface area (Å²) in [4.78, 5) is 25.3. The molecule has 0 aliphatic rings. The van der Waals surface area contributed by atoms with Crippen molar-refractivity contribution in [2.45, 2.75) is 6.92 Å². The van der Waals surface area contributed by atoms with E-state index in [1.807, 2.05) is 6.07 Å². The van der Waals surface area contributed by atoms with E-state index in [0.717, 1.165) is 0 Å². The van der Waals surface area contributed by atoms with Crippen LogP contribution in [0.5, 0.6) is 0 Å². The molecule has 0 radical (unpaired) electrons. The monoisotopic (exact) mass is 327 g/mol. The first kappa shape index (κ1) is 16.5. The molecule has 0 saturated heterocycles. The van der Waals surface area contributed by atoms with E-state index in [1.54, 1.807) is 48.5 Å². The minimum Gasteiger partial charge on any atom is -0.323 e. The Hall–Kier alpha value is -2.84. The smallest absolute Gasteiger partial charge is 0.244 e. The Bertz CT molecular complexity index is 783. The van der Waals surface area contributed by atoms with E-state index in [4.69, 9.17) is 16.9 Å². The number of hydrogen-bond acceptors (Lipinski definition) is 3. The molecule has 23 heavy (non-hydrogen) atoms. The number of nitriles is 1. The lowest BCUT2D eigenvalue weighted by molar-refractivity contribution is -0.120. The second-order valence-corrected chi connectivity index (χ2v) is 5.17. The highest BCUT2D eigenvalue weighted by Crippen LogP contribution is 2.25. The number of rotatable bonds is 4. The quantitative estimate of drug-likeness (QED) is 0.937. The molecular formula is C17H14ClN3O2. The molecule has 2 rings (SSSR count). The van der Waals surface area contributed by atoms with Crippen LogP contribution in [0.25, 0.3) is 0 Å². The average molecular weight is 328 g/mol. The molecule has 0 aromatic heterocycles. The molecule has 0 fully saturated rings. The molecule has 0 bridgehead atoms. The van der Waals surface area contributed by atoms with Gasteiger partial charge in [0, 0.05) is 6.92 Å². The summed E-state index contributed by atoms with van der Waals surface area (Å²) in [5.41, 5.74) is 1.22. The maximum absolute atomic E-state index is 12.2. The molecule has 0 unspecified atom stereocenters. The van der Waals surface area contributed by atoms with E-state index >= 15 is 0 Å². The number of carbonyl (C=O) groups excluding carboxylic acids is 2. The number of nitrogens with zero attached hydrogens (tertiary/aromatic N) is 2. The van der Waals surface area contributed by atoms with Crippen molar-refractivity contribution >= 4 is 34.8 Å². The fourth-order valence-corrected chi connectivity index (χ4v) is 2.30. The van der Waals surface area contributed by atoms with Gasteiger partial charge in [0.05, 0.1) is 22.0 Å². The minimum absolute atomic E-state index is 0.196. The molecule has 2 aromatic carbocycles. The van der Waals surface area contributed by atoms with Crippen LogP contribution in [-0.4, -0.2) is 18.4 Å². The Balaban J connectivity index is 2.18. The van der Waals surface area contributed by atoms with Gasteiger partial charge in [0.25, 0.3) is 0 Å². The maximum Gasteiger partial charge on any atom is 0.244 e. The lowest BCUT2D eigenvalue weighted by Crippen LogP contribution is -2.37. The normalized spacial score (nSPS) is 9.78. The fraction of sp³-hybridized carbons (Fsp3) is 0.118. The van der Waals surface area contributed by atoms with Crippen molar-refractivity contribution < 1.29 is 9.59 Å². The summed E-state index contributed by atoms with van der Waals surface area (Å²) >= 11 is 6.09. The summed E-state index contributed by atoms with van der Waals surface area (Å²) < 4.78 is 0. The predicted octanol–water partition coefficient (Wildman–Crippen LogP) is 3.20. The zero-order chi connectivity index (χ0) is 16.8. The topological polar surface area (TPSA) is 73.2 Å². The standard InChI is InChI=1S/C17H14ClN3O2/c1-12(22)21(16-9-5-3-7-14(16)18)11-17(23)20-15-8-4-2-6-13(15)10-19/h2-9H,11H2,1H3,(H,20,23). The summed E-state index contributed by atoms with van der Waals surface area (Å²) in [5.74, 6) is -0.718. The van der Waals surface area contributed by atoms with Crippen molar-refractivity contribution in [1.29, 1.82) is 5.26 Å². The number of amides is 2. The summed E-state index contributed by atoms with van der Waals surface area (Å²) in [6.45, 7) is 1.17. The zero-order valence-corrected chi connectivity index (χ0v) is 13.2. The molecule has 6 heteroatoms. The van der Waals surface area contributed by atoms with E-state index in [0.29, 0.717) is 22.0 Å². The van der Waals surface area contributed by atoms with Crippen molar-refractivity contribution in [1.82, 2.24) is 0 Å². The number of para-hydroxylation sites is 2. The van der Waals surface area contributed by atoms with Crippen LogP contribution in [0.4, 0.5) is 11.4 Å². The Kier molecular flexibility index (Phi) is 5.34. The third kappa shape index (κ3) is 4.09. The van der Waals surface area contributed by atoms with Gasteiger partial charge in [-0.2, -0.15) is 5.26 Å². The van der Waals surface area contributed by atoms with Gasteiger partial charge >= 0.3 is 0 Å². The Labute approximate surface area is 139 Å². The molecule has 0 aliphatic heterocycles. The summed E-state index contributed by atoms with van der Waals surface area (Å²) in [7, 11) is 0. The number of nitrogens with one attached hydrogen (secondary N) is 1. The van der Waals surface area contributed by atoms with E-state index in [2.05, 4.69) is 5.32 Å². The van der Waals surface area contributed by atoms with Crippen molar-refractivity contribution in [2.75, 3.05) is 16.8 Å². The van der Waals surface area contributed by atoms with Gasteiger partial charge in [0.1, 0.15) is 12.6 Å². The summed E-state index contributed by atoms with van der Waals surface area (Å²) in [5, 5.41) is 12.1.